The third kappa shape index (κ3) is 1.64. The highest BCUT2D eigenvalue weighted by Crippen LogP contribution is 2.43. The van der Waals surface area contributed by atoms with Gasteiger partial charge in [0.15, 0.2) is 5.65 Å². The van der Waals surface area contributed by atoms with E-state index in [1.165, 1.54) is 24.4 Å². The number of anilines is 1. The number of aryl methyl sites for hydroxylation is 1. The van der Waals surface area contributed by atoms with E-state index in [4.69, 9.17) is 4.98 Å². The van der Waals surface area contributed by atoms with Crippen LogP contribution in [0.15, 0.2) is 18.3 Å². The zero-order valence-corrected chi connectivity index (χ0v) is 12.2. The minimum atomic E-state index is 0.536. The summed E-state index contributed by atoms with van der Waals surface area (Å²) in [6.07, 6.45) is 4.26. The number of nitrogens with one attached hydrogen (secondary N) is 1. The molecule has 0 unspecified atom stereocenters. The van der Waals surface area contributed by atoms with Crippen molar-refractivity contribution in [1.82, 2.24) is 18.9 Å². The summed E-state index contributed by atoms with van der Waals surface area (Å²) >= 11 is 1.49. The molecule has 1 N–H and O–H groups in total. The van der Waals surface area contributed by atoms with Gasteiger partial charge in [-0.3, -0.25) is 0 Å². The lowest BCUT2D eigenvalue weighted by molar-refractivity contribution is 0.766. The predicted octanol–water partition coefficient (Wildman–Crippen LogP) is 3.24. The first kappa shape index (κ1) is 11.8. The van der Waals surface area contributed by atoms with E-state index < -0.39 is 0 Å². The molecular formula is C14H15N5S. The fourth-order valence-corrected chi connectivity index (χ4v) is 3.33. The Bertz CT molecular complexity index is 784. The Morgan fingerprint density at radius 2 is 2.25 bits per heavy atom. The molecule has 0 aromatic carbocycles. The summed E-state index contributed by atoms with van der Waals surface area (Å²) in [6.45, 7) is 2.04. The summed E-state index contributed by atoms with van der Waals surface area (Å²) in [6, 6.07) is 4.50. The van der Waals surface area contributed by atoms with Crippen LogP contribution in [0.1, 0.15) is 24.6 Å². The van der Waals surface area contributed by atoms with Crippen molar-refractivity contribution in [3.8, 4) is 11.4 Å². The number of nitrogens with zero attached hydrogens (tertiary/aromatic N) is 4. The highest BCUT2D eigenvalue weighted by molar-refractivity contribution is 7.10. The number of rotatable bonds is 3. The zero-order valence-electron chi connectivity index (χ0n) is 11.4. The van der Waals surface area contributed by atoms with Crippen molar-refractivity contribution in [3.63, 3.8) is 0 Å². The second-order valence-corrected chi connectivity index (χ2v) is 5.88. The van der Waals surface area contributed by atoms with E-state index in [2.05, 4.69) is 19.2 Å². The zero-order chi connectivity index (χ0) is 13.7. The van der Waals surface area contributed by atoms with Gasteiger partial charge in [-0.05, 0) is 43.4 Å². The smallest absolute Gasteiger partial charge is 0.160 e. The predicted molar refractivity (Wildman–Crippen MR) is 81.2 cm³/mol. The molecule has 4 rings (SSSR count). The van der Waals surface area contributed by atoms with Gasteiger partial charge in [-0.1, -0.05) is 0 Å². The molecule has 3 aromatic heterocycles. The molecular weight excluding hydrogens is 270 g/mol. The van der Waals surface area contributed by atoms with Crippen LogP contribution in [0.3, 0.4) is 0 Å². The second-order valence-electron chi connectivity index (χ2n) is 5.10. The number of pyridine rings is 1. The molecule has 6 heteroatoms. The first-order valence-electron chi connectivity index (χ1n) is 6.77. The van der Waals surface area contributed by atoms with Crippen LogP contribution in [0.4, 0.5) is 5.00 Å². The van der Waals surface area contributed by atoms with Crippen molar-refractivity contribution in [3.05, 3.63) is 24.0 Å². The lowest BCUT2D eigenvalue weighted by Crippen LogP contribution is -2.00. The average molecular weight is 285 g/mol. The van der Waals surface area contributed by atoms with Gasteiger partial charge in [0, 0.05) is 19.3 Å². The molecule has 102 valence electrons. The second kappa shape index (κ2) is 4.28. The molecule has 1 aliphatic rings. The Labute approximate surface area is 120 Å². The van der Waals surface area contributed by atoms with Crippen molar-refractivity contribution < 1.29 is 0 Å². The number of imidazole rings is 1. The van der Waals surface area contributed by atoms with Gasteiger partial charge in [0.25, 0.3) is 0 Å². The average Bonchev–Trinajstić information content (AvgIpc) is 3.12. The molecule has 0 radical (unpaired) electrons. The number of hydrogen-bond acceptors (Lipinski definition) is 5. The molecule has 5 nitrogen and oxygen atoms in total. The Kier molecular flexibility index (Phi) is 2.53. The van der Waals surface area contributed by atoms with Gasteiger partial charge >= 0.3 is 0 Å². The van der Waals surface area contributed by atoms with Gasteiger partial charge in [0.1, 0.15) is 16.3 Å². The van der Waals surface area contributed by atoms with Crippen molar-refractivity contribution in [2.75, 3.05) is 12.4 Å². The Morgan fingerprint density at radius 3 is 3.00 bits per heavy atom. The van der Waals surface area contributed by atoms with E-state index in [-0.39, 0.29) is 0 Å². The molecule has 0 atom stereocenters. The number of hydrogen-bond donors (Lipinski definition) is 1. The summed E-state index contributed by atoms with van der Waals surface area (Å²) in [5.41, 5.74) is 4.08. The molecule has 0 aliphatic heterocycles. The van der Waals surface area contributed by atoms with Crippen LogP contribution in [0.5, 0.6) is 0 Å². The van der Waals surface area contributed by atoms with Crippen LogP contribution in [0.2, 0.25) is 0 Å². The Balaban J connectivity index is 2.03. The Hall–Kier alpha value is -1.95. The Morgan fingerprint density at radius 1 is 1.40 bits per heavy atom. The lowest BCUT2D eigenvalue weighted by atomic mass is 10.2. The maximum atomic E-state index is 4.81. The van der Waals surface area contributed by atoms with Crippen LogP contribution in [-0.4, -0.2) is 26.0 Å². The highest BCUT2D eigenvalue weighted by atomic mass is 32.1. The van der Waals surface area contributed by atoms with E-state index in [0.717, 1.165) is 33.2 Å². The van der Waals surface area contributed by atoms with Crippen LogP contribution in [0, 0.1) is 6.92 Å². The fraction of sp³-hybridized carbons (Fsp3) is 0.357. The monoisotopic (exact) mass is 285 g/mol. The summed E-state index contributed by atoms with van der Waals surface area (Å²) in [5.74, 6) is 0.997. The topological polar surface area (TPSA) is 55.6 Å². The summed E-state index contributed by atoms with van der Waals surface area (Å²) in [4.78, 5) is 9.33. The first-order valence-corrected chi connectivity index (χ1v) is 7.54. The SMILES string of the molecule is CNc1snc(C)c1-c1nc2cccnc2n1C1CC1. The van der Waals surface area contributed by atoms with Gasteiger partial charge in [0.05, 0.1) is 11.3 Å². The standard InChI is InChI=1S/C14H15N5S/c1-8-11(14(15-2)20-18-8)13-17-10-4-3-7-16-12(10)19(13)9-5-6-9/h3-4,7,9,15H,5-6H2,1-2H3. The maximum Gasteiger partial charge on any atom is 0.160 e. The van der Waals surface area contributed by atoms with Crippen molar-refractivity contribution >= 4 is 27.7 Å². The summed E-state index contributed by atoms with van der Waals surface area (Å²) in [5, 5.41) is 4.30. The van der Waals surface area contributed by atoms with E-state index in [9.17, 15) is 0 Å². The molecule has 0 amide bonds. The third-order valence-corrected chi connectivity index (χ3v) is 4.63. The molecule has 0 spiro atoms. The first-order chi connectivity index (χ1) is 9.79. The van der Waals surface area contributed by atoms with Crippen molar-refractivity contribution in [2.45, 2.75) is 25.8 Å². The summed E-state index contributed by atoms with van der Waals surface area (Å²) < 4.78 is 6.74. The van der Waals surface area contributed by atoms with E-state index in [1.54, 1.807) is 0 Å². The van der Waals surface area contributed by atoms with Crippen molar-refractivity contribution in [1.29, 1.82) is 0 Å². The van der Waals surface area contributed by atoms with Crippen LogP contribution in [-0.2, 0) is 0 Å². The maximum absolute atomic E-state index is 4.81. The molecule has 3 aromatic rings. The molecule has 1 fully saturated rings. The number of fused-ring (bicyclic) bond motifs is 1. The third-order valence-electron chi connectivity index (χ3n) is 3.67. The normalized spacial score (nSPS) is 14.9. The van der Waals surface area contributed by atoms with Gasteiger partial charge in [-0.25, -0.2) is 9.97 Å². The van der Waals surface area contributed by atoms with E-state index in [0.29, 0.717) is 6.04 Å². The minimum Gasteiger partial charge on any atom is -0.378 e. The van der Waals surface area contributed by atoms with Gasteiger partial charge in [-0.15, -0.1) is 0 Å². The van der Waals surface area contributed by atoms with E-state index in [1.807, 2.05) is 32.3 Å². The lowest BCUT2D eigenvalue weighted by Gasteiger charge is -2.08. The van der Waals surface area contributed by atoms with Crippen molar-refractivity contribution in [2.24, 2.45) is 0 Å². The quantitative estimate of drug-likeness (QED) is 0.802. The molecule has 0 bridgehead atoms. The van der Waals surface area contributed by atoms with Gasteiger partial charge in [0.2, 0.25) is 0 Å². The molecule has 1 aliphatic carbocycles. The van der Waals surface area contributed by atoms with Gasteiger partial charge < -0.3 is 9.88 Å². The summed E-state index contributed by atoms with van der Waals surface area (Å²) in [7, 11) is 1.93. The molecule has 1 saturated carbocycles. The van der Waals surface area contributed by atoms with Crippen LogP contribution < -0.4 is 5.32 Å². The molecule has 20 heavy (non-hydrogen) atoms. The van der Waals surface area contributed by atoms with Gasteiger partial charge in [-0.2, -0.15) is 4.37 Å². The largest absolute Gasteiger partial charge is 0.378 e. The minimum absolute atomic E-state index is 0.536. The van der Waals surface area contributed by atoms with E-state index >= 15 is 0 Å². The highest BCUT2D eigenvalue weighted by Gasteiger charge is 2.31. The van der Waals surface area contributed by atoms with Crippen LogP contribution >= 0.6 is 11.5 Å². The molecule has 3 heterocycles. The van der Waals surface area contributed by atoms with Crippen LogP contribution in [0.25, 0.3) is 22.6 Å². The molecule has 0 saturated heterocycles. The fourth-order valence-electron chi connectivity index (χ4n) is 2.59. The number of aromatic nitrogens is 4.